The Labute approximate surface area is 74.1 Å². The van der Waals surface area contributed by atoms with Crippen LogP contribution >= 0.6 is 0 Å². The van der Waals surface area contributed by atoms with E-state index in [1.54, 1.807) is 21.3 Å². The van der Waals surface area contributed by atoms with Gasteiger partial charge in [-0.3, -0.25) is 0 Å². The lowest BCUT2D eigenvalue weighted by molar-refractivity contribution is 0.110. The van der Waals surface area contributed by atoms with Crippen molar-refractivity contribution in [3.05, 3.63) is 0 Å². The average Bonchev–Trinajstić information content (AvgIpc) is 2.89. The fourth-order valence-corrected chi connectivity index (χ4v) is 3.59. The van der Waals surface area contributed by atoms with Crippen molar-refractivity contribution in [2.24, 2.45) is 0 Å². The molecule has 5 heteroatoms. The van der Waals surface area contributed by atoms with Crippen LogP contribution in [0.15, 0.2) is 0 Å². The minimum Gasteiger partial charge on any atom is -0.375 e. The fourth-order valence-electron chi connectivity index (χ4n) is 1.36. The molecule has 1 heterocycles. The van der Waals surface area contributed by atoms with Gasteiger partial charge in [0, 0.05) is 21.3 Å². The van der Waals surface area contributed by atoms with Crippen molar-refractivity contribution in [1.29, 1.82) is 0 Å². The van der Waals surface area contributed by atoms with Crippen LogP contribution in [0.1, 0.15) is 13.3 Å². The quantitative estimate of drug-likeness (QED) is 0.472. The monoisotopic (exact) mass is 192 g/mol. The largest absolute Gasteiger partial charge is 0.533 e. The van der Waals surface area contributed by atoms with E-state index in [4.69, 9.17) is 18.0 Å². The standard InChI is InChI=1S/C7H16O4Si/c1-5-6-7(11-6)12(8-2,9-3)10-4/h6-7H,5H2,1-4H3. The van der Waals surface area contributed by atoms with Crippen LogP contribution in [0.5, 0.6) is 0 Å². The van der Waals surface area contributed by atoms with Crippen LogP contribution in [-0.4, -0.2) is 42.0 Å². The Bertz CT molecular complexity index is 140. The van der Waals surface area contributed by atoms with Crippen LogP contribution in [0.25, 0.3) is 0 Å². The molecule has 4 nitrogen and oxygen atoms in total. The zero-order valence-electron chi connectivity index (χ0n) is 7.99. The molecular weight excluding hydrogens is 176 g/mol. The van der Waals surface area contributed by atoms with Crippen molar-refractivity contribution >= 4 is 8.80 Å². The van der Waals surface area contributed by atoms with E-state index in [1.165, 1.54) is 0 Å². The van der Waals surface area contributed by atoms with Crippen molar-refractivity contribution < 1.29 is 18.0 Å². The second-order valence-corrected chi connectivity index (χ2v) is 5.72. The molecule has 2 atom stereocenters. The zero-order chi connectivity index (χ0) is 9.19. The minimum atomic E-state index is -2.49. The van der Waals surface area contributed by atoms with Gasteiger partial charge in [-0.05, 0) is 6.42 Å². The normalized spacial score (nSPS) is 29.0. The van der Waals surface area contributed by atoms with Gasteiger partial charge in [0.05, 0.1) is 6.10 Å². The number of hydrogen-bond donors (Lipinski definition) is 0. The Morgan fingerprint density at radius 3 is 1.92 bits per heavy atom. The zero-order valence-corrected chi connectivity index (χ0v) is 8.99. The Morgan fingerprint density at radius 2 is 1.67 bits per heavy atom. The summed E-state index contributed by atoms with van der Waals surface area (Å²) >= 11 is 0. The first-order chi connectivity index (χ1) is 5.74. The third-order valence-corrected chi connectivity index (χ3v) is 5.10. The molecule has 1 rings (SSSR count). The van der Waals surface area contributed by atoms with Crippen molar-refractivity contribution in [2.45, 2.75) is 25.2 Å². The summed E-state index contributed by atoms with van der Waals surface area (Å²) in [5.74, 6) is 0. The maximum Gasteiger partial charge on any atom is 0.533 e. The highest BCUT2D eigenvalue weighted by Gasteiger charge is 2.61. The van der Waals surface area contributed by atoms with E-state index in [2.05, 4.69) is 6.92 Å². The van der Waals surface area contributed by atoms with Gasteiger partial charge in [0.15, 0.2) is 5.73 Å². The van der Waals surface area contributed by atoms with Crippen molar-refractivity contribution in [3.8, 4) is 0 Å². The Kier molecular flexibility index (Phi) is 3.25. The highest BCUT2D eigenvalue weighted by Crippen LogP contribution is 2.34. The van der Waals surface area contributed by atoms with Gasteiger partial charge < -0.3 is 18.0 Å². The van der Waals surface area contributed by atoms with Gasteiger partial charge in [-0.25, -0.2) is 0 Å². The van der Waals surface area contributed by atoms with E-state index in [-0.39, 0.29) is 11.8 Å². The first-order valence-corrected chi connectivity index (χ1v) is 5.85. The predicted molar refractivity (Wildman–Crippen MR) is 45.7 cm³/mol. The smallest absolute Gasteiger partial charge is 0.375 e. The van der Waals surface area contributed by atoms with E-state index < -0.39 is 8.80 Å². The van der Waals surface area contributed by atoms with E-state index >= 15 is 0 Å². The van der Waals surface area contributed by atoms with Crippen molar-refractivity contribution in [1.82, 2.24) is 0 Å². The molecule has 0 spiro atoms. The molecule has 0 aromatic carbocycles. The van der Waals surface area contributed by atoms with E-state index in [0.29, 0.717) is 0 Å². The lowest BCUT2D eigenvalue weighted by atomic mass is 10.4. The van der Waals surface area contributed by atoms with Crippen LogP contribution in [0.2, 0.25) is 0 Å². The van der Waals surface area contributed by atoms with E-state index in [0.717, 1.165) is 6.42 Å². The molecule has 0 saturated carbocycles. The first kappa shape index (κ1) is 10.1. The number of ether oxygens (including phenoxy) is 1. The summed E-state index contributed by atoms with van der Waals surface area (Å²) in [5.41, 5.74) is 0.0440. The first-order valence-electron chi connectivity index (χ1n) is 4.05. The molecule has 0 bridgehead atoms. The number of rotatable bonds is 5. The maximum atomic E-state index is 5.39. The highest BCUT2D eigenvalue weighted by atomic mass is 28.4. The number of epoxide rings is 1. The van der Waals surface area contributed by atoms with Gasteiger partial charge >= 0.3 is 8.80 Å². The molecule has 0 aromatic heterocycles. The number of hydrogen-bond acceptors (Lipinski definition) is 4. The summed E-state index contributed by atoms with van der Waals surface area (Å²) in [4.78, 5) is 0. The topological polar surface area (TPSA) is 40.2 Å². The van der Waals surface area contributed by atoms with E-state index in [1.807, 2.05) is 0 Å². The second-order valence-electron chi connectivity index (χ2n) is 2.72. The average molecular weight is 192 g/mol. The Hall–Kier alpha value is 0.0569. The molecule has 2 unspecified atom stereocenters. The molecule has 0 N–H and O–H groups in total. The van der Waals surface area contributed by atoms with Crippen molar-refractivity contribution in [3.63, 3.8) is 0 Å². The molecule has 1 fully saturated rings. The molecule has 1 aliphatic heterocycles. The molecule has 0 aliphatic carbocycles. The molecular formula is C7H16O4Si. The van der Waals surface area contributed by atoms with Crippen LogP contribution < -0.4 is 0 Å². The van der Waals surface area contributed by atoms with Crippen molar-refractivity contribution in [2.75, 3.05) is 21.3 Å². The molecule has 0 radical (unpaired) electrons. The Morgan fingerprint density at radius 1 is 1.17 bits per heavy atom. The van der Waals surface area contributed by atoms with Crippen LogP contribution in [0, 0.1) is 0 Å². The van der Waals surface area contributed by atoms with Gasteiger partial charge in [-0.2, -0.15) is 0 Å². The molecule has 1 aliphatic rings. The summed E-state index contributed by atoms with van der Waals surface area (Å²) < 4.78 is 21.2. The van der Waals surface area contributed by atoms with Gasteiger partial charge in [0.25, 0.3) is 0 Å². The van der Waals surface area contributed by atoms with Crippen LogP contribution in [0.4, 0.5) is 0 Å². The van der Waals surface area contributed by atoms with Gasteiger partial charge in [-0.1, -0.05) is 6.92 Å². The van der Waals surface area contributed by atoms with Crippen LogP contribution in [-0.2, 0) is 18.0 Å². The van der Waals surface area contributed by atoms with Gasteiger partial charge in [0.1, 0.15) is 0 Å². The molecule has 0 amide bonds. The van der Waals surface area contributed by atoms with E-state index in [9.17, 15) is 0 Å². The molecule has 72 valence electrons. The fraction of sp³-hybridized carbons (Fsp3) is 1.00. The third kappa shape index (κ3) is 1.55. The summed E-state index contributed by atoms with van der Waals surface area (Å²) in [6.45, 7) is 2.07. The minimum absolute atomic E-state index is 0.0440. The summed E-state index contributed by atoms with van der Waals surface area (Å²) in [6, 6.07) is 0. The summed E-state index contributed by atoms with van der Waals surface area (Å²) in [6.07, 6.45) is 1.24. The molecule has 1 saturated heterocycles. The maximum absolute atomic E-state index is 5.39. The second kappa shape index (κ2) is 3.84. The van der Waals surface area contributed by atoms with Gasteiger partial charge in [0.2, 0.25) is 0 Å². The van der Waals surface area contributed by atoms with Crippen LogP contribution in [0.3, 0.4) is 0 Å². The Balaban J connectivity index is 2.55. The SMILES string of the molecule is CCC1OC1[Si](OC)(OC)OC. The highest BCUT2D eigenvalue weighted by molar-refractivity contribution is 6.63. The lowest BCUT2D eigenvalue weighted by Crippen LogP contribution is -2.50. The third-order valence-electron chi connectivity index (χ3n) is 2.19. The molecule has 0 aromatic rings. The molecule has 12 heavy (non-hydrogen) atoms. The summed E-state index contributed by atoms with van der Waals surface area (Å²) in [7, 11) is 2.32. The predicted octanol–water partition coefficient (Wildman–Crippen LogP) is 0.581. The summed E-state index contributed by atoms with van der Waals surface area (Å²) in [5, 5.41) is 0. The lowest BCUT2D eigenvalue weighted by Gasteiger charge is -2.22. The van der Waals surface area contributed by atoms with Gasteiger partial charge in [-0.15, -0.1) is 0 Å².